The molecule has 0 radical (unpaired) electrons. The number of hydrogen-bond donors (Lipinski definition) is 3. The number of carboxylic acids is 1. The second-order valence-electron chi connectivity index (χ2n) is 7.24. The maximum Gasteiger partial charge on any atom is 0.306 e. The van der Waals surface area contributed by atoms with Gasteiger partial charge in [0.25, 0.3) is 0 Å². The van der Waals surface area contributed by atoms with E-state index in [1.165, 1.54) is 18.5 Å². The first-order chi connectivity index (χ1) is 13.4. The van der Waals surface area contributed by atoms with Crippen molar-refractivity contribution in [2.75, 3.05) is 5.32 Å². The van der Waals surface area contributed by atoms with Gasteiger partial charge < -0.3 is 20.1 Å². The van der Waals surface area contributed by atoms with Gasteiger partial charge in [0.1, 0.15) is 29.4 Å². The largest absolute Gasteiger partial charge is 0.489 e. The summed E-state index contributed by atoms with van der Waals surface area (Å²) in [6.07, 6.45) is 2.99. The van der Waals surface area contributed by atoms with Gasteiger partial charge in [-0.05, 0) is 50.8 Å². The Morgan fingerprint density at radius 2 is 2.21 bits per heavy atom. The molecule has 0 aliphatic heterocycles. The molecule has 7 nitrogen and oxygen atoms in total. The van der Waals surface area contributed by atoms with Crippen LogP contribution in [-0.4, -0.2) is 32.1 Å². The number of aliphatic carboxylic acids is 1. The van der Waals surface area contributed by atoms with Crippen molar-refractivity contribution in [3.05, 3.63) is 41.6 Å². The standard InChI is InChI=1S/C20H21FN4O3/c1-10(2)28-16-8-12(21)4-6-15(16)25-19-17-13-7-11(20(26)27)3-5-14(13)24-18(17)22-9-23-19/h4,6,8-11H,3,5,7H2,1-2H3,(H,26,27)(H2,22,23,24,25). The number of halogens is 1. The number of aryl methyl sites for hydroxylation is 1. The Bertz CT molecular complexity index is 1050. The monoisotopic (exact) mass is 384 g/mol. The third-order valence-corrected chi connectivity index (χ3v) is 4.88. The Morgan fingerprint density at radius 3 is 2.96 bits per heavy atom. The summed E-state index contributed by atoms with van der Waals surface area (Å²) in [5.74, 6) is -0.691. The molecule has 1 aromatic carbocycles. The molecular formula is C20H21FN4O3. The molecule has 0 spiro atoms. The molecule has 3 N–H and O–H groups in total. The lowest BCUT2D eigenvalue weighted by Gasteiger charge is -2.19. The first kappa shape index (κ1) is 18.2. The van der Waals surface area contributed by atoms with E-state index in [1.54, 1.807) is 6.07 Å². The van der Waals surface area contributed by atoms with Crippen molar-refractivity contribution < 1.29 is 19.0 Å². The minimum Gasteiger partial charge on any atom is -0.489 e. The molecular weight excluding hydrogens is 363 g/mol. The van der Waals surface area contributed by atoms with Crippen molar-refractivity contribution in [3.63, 3.8) is 0 Å². The van der Waals surface area contributed by atoms with Crippen molar-refractivity contribution in [2.24, 2.45) is 5.92 Å². The number of carbonyl (C=O) groups is 1. The normalized spacial score (nSPS) is 16.2. The molecule has 8 heteroatoms. The van der Waals surface area contributed by atoms with Crippen LogP contribution in [0.25, 0.3) is 11.0 Å². The van der Waals surface area contributed by atoms with Crippen LogP contribution < -0.4 is 10.1 Å². The predicted molar refractivity (Wildman–Crippen MR) is 102 cm³/mol. The smallest absolute Gasteiger partial charge is 0.306 e. The van der Waals surface area contributed by atoms with E-state index in [4.69, 9.17) is 4.74 Å². The second kappa shape index (κ2) is 7.10. The maximum absolute atomic E-state index is 13.7. The number of aromatic amines is 1. The number of benzene rings is 1. The average molecular weight is 384 g/mol. The van der Waals surface area contributed by atoms with Crippen molar-refractivity contribution in [1.82, 2.24) is 15.0 Å². The number of hydrogen-bond acceptors (Lipinski definition) is 5. The van der Waals surface area contributed by atoms with E-state index in [-0.39, 0.29) is 6.10 Å². The van der Waals surface area contributed by atoms with Gasteiger partial charge in [0.2, 0.25) is 0 Å². The number of aromatic nitrogens is 3. The van der Waals surface area contributed by atoms with Crippen LogP contribution in [0.3, 0.4) is 0 Å². The third-order valence-electron chi connectivity index (χ3n) is 4.88. The number of anilines is 2. The fourth-order valence-electron chi connectivity index (χ4n) is 3.63. The lowest BCUT2D eigenvalue weighted by molar-refractivity contribution is -0.142. The molecule has 0 saturated carbocycles. The van der Waals surface area contributed by atoms with E-state index in [0.29, 0.717) is 42.2 Å². The SMILES string of the molecule is CC(C)Oc1cc(F)ccc1Nc1ncnc2[nH]c3c(c12)CC(C(=O)O)CC3. The van der Waals surface area contributed by atoms with E-state index < -0.39 is 17.7 Å². The van der Waals surface area contributed by atoms with Gasteiger partial charge >= 0.3 is 5.97 Å². The first-order valence-electron chi connectivity index (χ1n) is 9.23. The molecule has 0 bridgehead atoms. The topological polar surface area (TPSA) is 100 Å². The van der Waals surface area contributed by atoms with Crippen LogP contribution in [0.1, 0.15) is 31.5 Å². The highest BCUT2D eigenvalue weighted by Gasteiger charge is 2.29. The van der Waals surface area contributed by atoms with E-state index in [9.17, 15) is 14.3 Å². The summed E-state index contributed by atoms with van der Waals surface area (Å²) in [6, 6.07) is 4.27. The van der Waals surface area contributed by atoms with Crippen LogP contribution in [0.4, 0.5) is 15.9 Å². The number of ether oxygens (including phenoxy) is 1. The highest BCUT2D eigenvalue weighted by molar-refractivity contribution is 5.94. The fourth-order valence-corrected chi connectivity index (χ4v) is 3.63. The quantitative estimate of drug-likeness (QED) is 0.618. The maximum atomic E-state index is 13.7. The minimum absolute atomic E-state index is 0.121. The summed E-state index contributed by atoms with van der Waals surface area (Å²) in [4.78, 5) is 23.4. The van der Waals surface area contributed by atoms with Gasteiger partial charge in [-0.2, -0.15) is 0 Å². The molecule has 1 aliphatic carbocycles. The summed E-state index contributed by atoms with van der Waals surface area (Å²) < 4.78 is 19.4. The molecule has 0 saturated heterocycles. The molecule has 0 fully saturated rings. The van der Waals surface area contributed by atoms with Crippen LogP contribution in [-0.2, 0) is 17.6 Å². The fraction of sp³-hybridized carbons (Fsp3) is 0.350. The van der Waals surface area contributed by atoms with E-state index >= 15 is 0 Å². The van der Waals surface area contributed by atoms with Gasteiger partial charge in [-0.25, -0.2) is 14.4 Å². The number of nitrogens with one attached hydrogen (secondary N) is 2. The van der Waals surface area contributed by atoms with E-state index in [1.807, 2.05) is 13.8 Å². The van der Waals surface area contributed by atoms with Gasteiger partial charge in [0, 0.05) is 11.8 Å². The van der Waals surface area contributed by atoms with Gasteiger partial charge in [0.05, 0.1) is 23.1 Å². The summed E-state index contributed by atoms with van der Waals surface area (Å²) >= 11 is 0. The summed E-state index contributed by atoms with van der Waals surface area (Å²) in [5, 5.41) is 13.4. The molecule has 1 atom stereocenters. The molecule has 146 valence electrons. The van der Waals surface area contributed by atoms with Crippen molar-refractivity contribution >= 4 is 28.5 Å². The van der Waals surface area contributed by atoms with Crippen molar-refractivity contribution in [1.29, 1.82) is 0 Å². The average Bonchev–Trinajstić information content (AvgIpc) is 3.02. The molecule has 1 unspecified atom stereocenters. The molecule has 2 aromatic heterocycles. The van der Waals surface area contributed by atoms with E-state index in [2.05, 4.69) is 20.3 Å². The Labute approximate surface area is 161 Å². The Hall–Kier alpha value is -3.16. The lowest BCUT2D eigenvalue weighted by Crippen LogP contribution is -2.21. The predicted octanol–water partition coefficient (Wildman–Crippen LogP) is 3.82. The van der Waals surface area contributed by atoms with Gasteiger partial charge in [-0.3, -0.25) is 4.79 Å². The summed E-state index contributed by atoms with van der Waals surface area (Å²) in [7, 11) is 0. The van der Waals surface area contributed by atoms with Crippen LogP contribution >= 0.6 is 0 Å². The highest BCUT2D eigenvalue weighted by Crippen LogP contribution is 2.37. The van der Waals surface area contributed by atoms with Gasteiger partial charge in [0.15, 0.2) is 0 Å². The zero-order chi connectivity index (χ0) is 19.8. The van der Waals surface area contributed by atoms with Crippen molar-refractivity contribution in [2.45, 2.75) is 39.2 Å². The zero-order valence-electron chi connectivity index (χ0n) is 15.6. The molecule has 3 aromatic rings. The number of H-pyrrole nitrogens is 1. The number of fused-ring (bicyclic) bond motifs is 3. The summed E-state index contributed by atoms with van der Waals surface area (Å²) in [6.45, 7) is 3.73. The lowest BCUT2D eigenvalue weighted by atomic mass is 9.86. The zero-order valence-corrected chi connectivity index (χ0v) is 15.6. The van der Waals surface area contributed by atoms with E-state index in [0.717, 1.165) is 16.6 Å². The summed E-state index contributed by atoms with van der Waals surface area (Å²) in [5.41, 5.74) is 3.15. The molecule has 1 aliphatic rings. The molecule has 28 heavy (non-hydrogen) atoms. The highest BCUT2D eigenvalue weighted by atomic mass is 19.1. The molecule has 0 amide bonds. The third kappa shape index (κ3) is 3.37. The van der Waals surface area contributed by atoms with Gasteiger partial charge in [-0.1, -0.05) is 0 Å². The van der Waals surface area contributed by atoms with Crippen molar-refractivity contribution in [3.8, 4) is 5.75 Å². The Morgan fingerprint density at radius 1 is 1.39 bits per heavy atom. The van der Waals surface area contributed by atoms with Gasteiger partial charge in [-0.15, -0.1) is 0 Å². The number of carboxylic acid groups (broad SMARTS) is 1. The Kier molecular flexibility index (Phi) is 4.62. The van der Waals surface area contributed by atoms with Crippen LogP contribution in [0.15, 0.2) is 24.5 Å². The van der Waals surface area contributed by atoms with Crippen LogP contribution in [0, 0.1) is 11.7 Å². The molecule has 4 rings (SSSR count). The van der Waals surface area contributed by atoms with Crippen LogP contribution in [0.2, 0.25) is 0 Å². The van der Waals surface area contributed by atoms with Crippen LogP contribution in [0.5, 0.6) is 5.75 Å². The second-order valence-corrected chi connectivity index (χ2v) is 7.24. The minimum atomic E-state index is -0.794. The Balaban J connectivity index is 1.77. The number of rotatable bonds is 5. The molecule has 2 heterocycles. The number of nitrogens with zero attached hydrogens (tertiary/aromatic N) is 2. The first-order valence-corrected chi connectivity index (χ1v) is 9.23.